The zero-order valence-electron chi connectivity index (χ0n) is 12.8. The minimum Gasteiger partial charge on any atom is -0.493 e. The summed E-state index contributed by atoms with van der Waals surface area (Å²) in [6.45, 7) is 0.593. The predicted octanol–water partition coefficient (Wildman–Crippen LogP) is 2.92. The van der Waals surface area contributed by atoms with Crippen molar-refractivity contribution >= 4 is 17.5 Å². The predicted molar refractivity (Wildman–Crippen MR) is 88.4 cm³/mol. The topological polar surface area (TPSA) is 56.8 Å². The van der Waals surface area contributed by atoms with Crippen LogP contribution < -0.4 is 19.5 Å². The summed E-state index contributed by atoms with van der Waals surface area (Å²) in [4.78, 5) is 11.7. The van der Waals surface area contributed by atoms with Gasteiger partial charge in [-0.05, 0) is 24.3 Å². The summed E-state index contributed by atoms with van der Waals surface area (Å²) in [5.41, 5.74) is 0. The highest BCUT2D eigenvalue weighted by Crippen LogP contribution is 2.25. The molecule has 0 aliphatic rings. The second-order valence-electron chi connectivity index (χ2n) is 4.57. The molecule has 0 aromatic heterocycles. The molecule has 0 aliphatic heterocycles. The molecule has 2 aromatic rings. The van der Waals surface area contributed by atoms with Gasteiger partial charge in [0.15, 0.2) is 18.1 Å². The van der Waals surface area contributed by atoms with Crippen LogP contribution in [0.5, 0.6) is 17.2 Å². The first-order valence-electron chi connectivity index (χ1n) is 7.10. The van der Waals surface area contributed by atoms with Crippen molar-refractivity contribution in [3.05, 3.63) is 53.6 Å². The molecular formula is C17H18ClNO4. The summed E-state index contributed by atoms with van der Waals surface area (Å²) in [5.74, 6) is 1.46. The number of para-hydroxylation sites is 3. The summed E-state index contributed by atoms with van der Waals surface area (Å²) in [5, 5.41) is 3.25. The third-order valence-corrected chi connectivity index (χ3v) is 3.26. The van der Waals surface area contributed by atoms with E-state index in [1.54, 1.807) is 31.4 Å². The molecule has 0 saturated carbocycles. The van der Waals surface area contributed by atoms with Crippen LogP contribution in [0, 0.1) is 0 Å². The lowest BCUT2D eigenvalue weighted by Crippen LogP contribution is -2.32. The van der Waals surface area contributed by atoms with E-state index in [4.69, 9.17) is 25.8 Å². The summed E-state index contributed by atoms with van der Waals surface area (Å²) >= 11 is 5.97. The van der Waals surface area contributed by atoms with E-state index >= 15 is 0 Å². The lowest BCUT2D eigenvalue weighted by atomic mass is 10.3. The van der Waals surface area contributed by atoms with Crippen LogP contribution in [-0.2, 0) is 4.79 Å². The van der Waals surface area contributed by atoms with E-state index in [0.29, 0.717) is 35.4 Å². The maximum absolute atomic E-state index is 11.7. The van der Waals surface area contributed by atoms with Gasteiger partial charge in [-0.15, -0.1) is 0 Å². The van der Waals surface area contributed by atoms with Gasteiger partial charge in [-0.2, -0.15) is 0 Å². The van der Waals surface area contributed by atoms with Crippen LogP contribution in [-0.4, -0.2) is 32.8 Å². The molecule has 23 heavy (non-hydrogen) atoms. The van der Waals surface area contributed by atoms with Gasteiger partial charge in [-0.3, -0.25) is 4.79 Å². The number of hydrogen-bond acceptors (Lipinski definition) is 4. The highest BCUT2D eigenvalue weighted by atomic mass is 35.5. The van der Waals surface area contributed by atoms with Crippen LogP contribution in [0.4, 0.5) is 0 Å². The van der Waals surface area contributed by atoms with Crippen LogP contribution in [0.2, 0.25) is 5.02 Å². The molecule has 122 valence electrons. The standard InChI is InChI=1S/C17H18ClNO4/c1-21-15-8-4-5-9-16(15)23-12-17(20)19-10-11-22-14-7-3-2-6-13(14)18/h2-9H,10-12H2,1H3,(H,19,20). The lowest BCUT2D eigenvalue weighted by Gasteiger charge is -2.11. The van der Waals surface area contributed by atoms with Crippen LogP contribution in [0.3, 0.4) is 0 Å². The molecule has 0 atom stereocenters. The average Bonchev–Trinajstić information content (AvgIpc) is 2.58. The van der Waals surface area contributed by atoms with Gasteiger partial charge in [0, 0.05) is 0 Å². The summed E-state index contributed by atoms with van der Waals surface area (Å²) in [7, 11) is 1.55. The number of carbonyl (C=O) groups excluding carboxylic acids is 1. The molecule has 0 heterocycles. The van der Waals surface area contributed by atoms with E-state index in [9.17, 15) is 4.79 Å². The zero-order valence-corrected chi connectivity index (χ0v) is 13.5. The van der Waals surface area contributed by atoms with E-state index in [1.807, 2.05) is 24.3 Å². The van der Waals surface area contributed by atoms with Gasteiger partial charge in [0.05, 0.1) is 18.7 Å². The first-order chi connectivity index (χ1) is 11.2. The van der Waals surface area contributed by atoms with Gasteiger partial charge in [0.25, 0.3) is 5.91 Å². The smallest absolute Gasteiger partial charge is 0.258 e. The number of amides is 1. The van der Waals surface area contributed by atoms with E-state index in [0.717, 1.165) is 0 Å². The Morgan fingerprint density at radius 1 is 1.00 bits per heavy atom. The monoisotopic (exact) mass is 335 g/mol. The van der Waals surface area contributed by atoms with E-state index in [2.05, 4.69) is 5.32 Å². The van der Waals surface area contributed by atoms with E-state index in [-0.39, 0.29) is 12.5 Å². The van der Waals surface area contributed by atoms with E-state index in [1.165, 1.54) is 0 Å². The van der Waals surface area contributed by atoms with Crippen molar-refractivity contribution in [2.24, 2.45) is 0 Å². The molecule has 5 nitrogen and oxygen atoms in total. The van der Waals surface area contributed by atoms with Crippen molar-refractivity contribution in [2.75, 3.05) is 26.9 Å². The van der Waals surface area contributed by atoms with Crippen molar-refractivity contribution < 1.29 is 19.0 Å². The first kappa shape index (κ1) is 17.0. The second-order valence-corrected chi connectivity index (χ2v) is 4.98. The maximum atomic E-state index is 11.7. The number of rotatable bonds is 8. The molecule has 2 aromatic carbocycles. The molecule has 1 N–H and O–H groups in total. The molecule has 0 spiro atoms. The minimum atomic E-state index is -0.237. The summed E-state index contributed by atoms with van der Waals surface area (Å²) < 4.78 is 16.1. The second kappa shape index (κ2) is 8.90. The summed E-state index contributed by atoms with van der Waals surface area (Å²) in [6.07, 6.45) is 0. The number of nitrogens with one attached hydrogen (secondary N) is 1. The average molecular weight is 336 g/mol. The largest absolute Gasteiger partial charge is 0.493 e. The molecule has 0 radical (unpaired) electrons. The third kappa shape index (κ3) is 5.38. The van der Waals surface area contributed by atoms with E-state index < -0.39 is 0 Å². The van der Waals surface area contributed by atoms with Crippen LogP contribution >= 0.6 is 11.6 Å². The molecular weight excluding hydrogens is 318 g/mol. The zero-order chi connectivity index (χ0) is 16.5. The molecule has 0 fully saturated rings. The number of methoxy groups -OCH3 is 1. The van der Waals surface area contributed by atoms with Crippen molar-refractivity contribution in [1.29, 1.82) is 0 Å². The minimum absolute atomic E-state index is 0.0908. The molecule has 1 amide bonds. The highest BCUT2D eigenvalue weighted by molar-refractivity contribution is 6.32. The first-order valence-corrected chi connectivity index (χ1v) is 7.48. The molecule has 0 saturated heterocycles. The third-order valence-electron chi connectivity index (χ3n) is 2.95. The maximum Gasteiger partial charge on any atom is 0.258 e. The van der Waals surface area contributed by atoms with Crippen LogP contribution in [0.15, 0.2) is 48.5 Å². The fraction of sp³-hybridized carbons (Fsp3) is 0.235. The fourth-order valence-electron chi connectivity index (χ4n) is 1.85. The Bertz CT molecular complexity index is 648. The Morgan fingerprint density at radius 3 is 2.35 bits per heavy atom. The number of ether oxygens (including phenoxy) is 3. The van der Waals surface area contributed by atoms with Gasteiger partial charge < -0.3 is 19.5 Å². The number of carbonyl (C=O) groups is 1. The molecule has 0 unspecified atom stereocenters. The van der Waals surface area contributed by atoms with Crippen LogP contribution in [0.25, 0.3) is 0 Å². The quantitative estimate of drug-likeness (QED) is 0.754. The van der Waals surface area contributed by atoms with Gasteiger partial charge in [0.2, 0.25) is 0 Å². The molecule has 0 aliphatic carbocycles. The van der Waals surface area contributed by atoms with Crippen molar-refractivity contribution in [2.45, 2.75) is 0 Å². The van der Waals surface area contributed by atoms with Crippen molar-refractivity contribution in [1.82, 2.24) is 5.32 Å². The molecule has 2 rings (SSSR count). The van der Waals surface area contributed by atoms with Crippen molar-refractivity contribution in [3.63, 3.8) is 0 Å². The fourth-order valence-corrected chi connectivity index (χ4v) is 2.04. The summed E-state index contributed by atoms with van der Waals surface area (Å²) in [6, 6.07) is 14.3. The van der Waals surface area contributed by atoms with Crippen molar-refractivity contribution in [3.8, 4) is 17.2 Å². The van der Waals surface area contributed by atoms with Gasteiger partial charge in [-0.25, -0.2) is 0 Å². The number of benzene rings is 2. The Balaban J connectivity index is 1.68. The molecule has 0 bridgehead atoms. The Kier molecular flexibility index (Phi) is 6.56. The highest BCUT2D eigenvalue weighted by Gasteiger charge is 2.06. The van der Waals surface area contributed by atoms with Gasteiger partial charge in [-0.1, -0.05) is 35.9 Å². The number of halogens is 1. The Morgan fingerprint density at radius 2 is 1.65 bits per heavy atom. The lowest BCUT2D eigenvalue weighted by molar-refractivity contribution is -0.123. The Hall–Kier alpha value is -2.40. The normalized spacial score (nSPS) is 10.0. The van der Waals surface area contributed by atoms with Crippen LogP contribution in [0.1, 0.15) is 0 Å². The SMILES string of the molecule is COc1ccccc1OCC(=O)NCCOc1ccccc1Cl. The molecule has 6 heteroatoms. The Labute approximate surface area is 140 Å². The number of hydrogen-bond donors (Lipinski definition) is 1. The van der Waals surface area contributed by atoms with Gasteiger partial charge in [0.1, 0.15) is 12.4 Å². The van der Waals surface area contributed by atoms with Gasteiger partial charge >= 0.3 is 0 Å².